The van der Waals surface area contributed by atoms with Crippen molar-refractivity contribution in [1.29, 1.82) is 0 Å². The Labute approximate surface area is 253 Å². The van der Waals surface area contributed by atoms with Crippen molar-refractivity contribution in [3.8, 4) is 0 Å². The van der Waals surface area contributed by atoms with E-state index in [1.54, 1.807) is 0 Å². The number of carbonyl (C=O) groups is 1. The monoisotopic (exact) mass is 563 g/mol. The topological polar surface area (TPSA) is 37.3 Å². The van der Waals surface area contributed by atoms with Gasteiger partial charge in [-0.05, 0) is 38.5 Å². The van der Waals surface area contributed by atoms with E-state index in [1.165, 1.54) is 180 Å². The first-order chi connectivity index (χ1) is 19.7. The average molecular weight is 563 g/mol. The van der Waals surface area contributed by atoms with Crippen molar-refractivity contribution < 1.29 is 9.90 Å². The van der Waals surface area contributed by atoms with Crippen LogP contribution in [-0.2, 0) is 4.79 Å². The molecule has 0 rings (SSSR count). The number of carboxylic acid groups (broad SMARTS) is 1. The summed E-state index contributed by atoms with van der Waals surface area (Å²) in [4.78, 5) is 11.7. The Morgan fingerprint density at radius 2 is 0.675 bits per heavy atom. The highest BCUT2D eigenvalue weighted by Crippen LogP contribution is 2.20. The fraction of sp³-hybridized carbons (Fsp3) is 0.921. The molecular formula is C38H74O2. The molecule has 2 nitrogen and oxygen atoms in total. The highest BCUT2D eigenvalue weighted by atomic mass is 16.4. The van der Waals surface area contributed by atoms with Gasteiger partial charge >= 0.3 is 5.97 Å². The van der Waals surface area contributed by atoms with Crippen LogP contribution in [0.5, 0.6) is 0 Å². The summed E-state index contributed by atoms with van der Waals surface area (Å²) in [5.74, 6) is -0.662. The van der Waals surface area contributed by atoms with Crippen LogP contribution in [0, 0.1) is 5.92 Å². The molecule has 0 aliphatic rings. The van der Waals surface area contributed by atoms with Gasteiger partial charge in [0.15, 0.2) is 0 Å². The Morgan fingerprint density at radius 1 is 0.425 bits per heavy atom. The number of aliphatic carboxylic acids is 1. The molecule has 1 unspecified atom stereocenters. The number of allylic oxidation sites excluding steroid dienone is 2. The number of rotatable bonds is 34. The molecule has 1 N–H and O–H groups in total. The summed E-state index contributed by atoms with van der Waals surface area (Å²) < 4.78 is 0. The van der Waals surface area contributed by atoms with Gasteiger partial charge in [-0.15, -0.1) is 0 Å². The molecule has 0 saturated heterocycles. The lowest BCUT2D eigenvalue weighted by Crippen LogP contribution is -2.13. The Bertz CT molecular complexity index is 512. The third kappa shape index (κ3) is 31.7. The second-order valence-electron chi connectivity index (χ2n) is 12.9. The van der Waals surface area contributed by atoms with Gasteiger partial charge in [-0.25, -0.2) is 0 Å². The maximum Gasteiger partial charge on any atom is 0.306 e. The molecule has 0 spiro atoms. The minimum absolute atomic E-state index is 0.103. The second kappa shape index (κ2) is 34.4. The Balaban J connectivity index is 3.39. The number of hydrogen-bond donors (Lipinski definition) is 1. The van der Waals surface area contributed by atoms with Gasteiger partial charge in [0.05, 0.1) is 5.92 Å². The van der Waals surface area contributed by atoms with Crippen LogP contribution in [0.15, 0.2) is 12.2 Å². The third-order valence-corrected chi connectivity index (χ3v) is 8.82. The van der Waals surface area contributed by atoms with Crippen LogP contribution in [0.2, 0.25) is 0 Å². The molecule has 0 aliphatic heterocycles. The first kappa shape index (κ1) is 39.2. The van der Waals surface area contributed by atoms with Crippen molar-refractivity contribution in [3.05, 3.63) is 12.2 Å². The highest BCUT2D eigenvalue weighted by Gasteiger charge is 2.16. The molecule has 0 radical (unpaired) electrons. The van der Waals surface area contributed by atoms with Crippen LogP contribution in [0.4, 0.5) is 0 Å². The van der Waals surface area contributed by atoms with E-state index in [0.29, 0.717) is 0 Å². The molecule has 0 aromatic carbocycles. The summed E-state index contributed by atoms with van der Waals surface area (Å²) in [7, 11) is 0. The zero-order valence-corrected chi connectivity index (χ0v) is 27.7. The van der Waals surface area contributed by atoms with E-state index in [1.807, 2.05) is 0 Å². The molecule has 0 aromatic heterocycles. The summed E-state index contributed by atoms with van der Waals surface area (Å²) in [6.07, 6.45) is 46.8. The largest absolute Gasteiger partial charge is 0.481 e. The van der Waals surface area contributed by atoms with Crippen molar-refractivity contribution in [3.63, 3.8) is 0 Å². The van der Waals surface area contributed by atoms with E-state index in [4.69, 9.17) is 0 Å². The number of unbranched alkanes of at least 4 members (excludes halogenated alkanes) is 27. The van der Waals surface area contributed by atoms with E-state index in [2.05, 4.69) is 26.0 Å². The number of carboxylic acids is 1. The van der Waals surface area contributed by atoms with Crippen LogP contribution in [0.1, 0.15) is 219 Å². The SMILES string of the molecule is CCCCCCCCC=CCCCCCCCCCCCCC(CCCCCCCCCCCCCC)C(=O)O. The van der Waals surface area contributed by atoms with Gasteiger partial charge in [0.2, 0.25) is 0 Å². The molecule has 40 heavy (non-hydrogen) atoms. The first-order valence-electron chi connectivity index (χ1n) is 18.6. The summed E-state index contributed by atoms with van der Waals surface area (Å²) >= 11 is 0. The van der Waals surface area contributed by atoms with Crippen LogP contribution in [0.3, 0.4) is 0 Å². The van der Waals surface area contributed by atoms with Crippen LogP contribution in [-0.4, -0.2) is 11.1 Å². The quantitative estimate of drug-likeness (QED) is 0.0625. The molecule has 0 aliphatic carbocycles. The van der Waals surface area contributed by atoms with E-state index < -0.39 is 5.97 Å². The maximum atomic E-state index is 11.7. The summed E-state index contributed by atoms with van der Waals surface area (Å²) in [5.41, 5.74) is 0. The number of hydrogen-bond acceptors (Lipinski definition) is 1. The van der Waals surface area contributed by atoms with E-state index in [0.717, 1.165) is 25.7 Å². The zero-order valence-electron chi connectivity index (χ0n) is 27.7. The third-order valence-electron chi connectivity index (χ3n) is 8.82. The molecule has 0 aromatic rings. The van der Waals surface area contributed by atoms with Gasteiger partial charge < -0.3 is 5.11 Å². The Hall–Kier alpha value is -0.790. The average Bonchev–Trinajstić information content (AvgIpc) is 2.95. The standard InChI is InChI=1S/C38H74O2/c1-3-5-7-9-11-13-15-17-18-19-20-21-22-23-24-26-28-30-32-34-36-37(38(39)40)35-33-31-29-27-25-16-14-12-10-8-6-4-2/h17-18,37H,3-16,19-36H2,1-2H3,(H,39,40). The predicted molar refractivity (Wildman–Crippen MR) is 179 cm³/mol. The zero-order chi connectivity index (χ0) is 29.2. The van der Waals surface area contributed by atoms with Gasteiger partial charge in [0.25, 0.3) is 0 Å². The molecule has 0 amide bonds. The van der Waals surface area contributed by atoms with E-state index in [9.17, 15) is 9.90 Å². The second-order valence-corrected chi connectivity index (χ2v) is 12.9. The van der Waals surface area contributed by atoms with Crippen LogP contribution < -0.4 is 0 Å². The summed E-state index contributed by atoms with van der Waals surface area (Å²) in [6.45, 7) is 4.56. The smallest absolute Gasteiger partial charge is 0.306 e. The van der Waals surface area contributed by atoms with Crippen molar-refractivity contribution >= 4 is 5.97 Å². The first-order valence-corrected chi connectivity index (χ1v) is 18.6. The Kier molecular flexibility index (Phi) is 33.7. The molecule has 0 heterocycles. The summed E-state index contributed by atoms with van der Waals surface area (Å²) in [5, 5.41) is 9.61. The highest BCUT2D eigenvalue weighted by molar-refractivity contribution is 5.69. The molecule has 0 saturated carbocycles. The van der Waals surface area contributed by atoms with Gasteiger partial charge in [-0.2, -0.15) is 0 Å². The van der Waals surface area contributed by atoms with Crippen LogP contribution >= 0.6 is 0 Å². The fourth-order valence-electron chi connectivity index (χ4n) is 5.97. The molecule has 2 heteroatoms. The minimum Gasteiger partial charge on any atom is -0.481 e. The van der Waals surface area contributed by atoms with Crippen molar-refractivity contribution in [2.24, 2.45) is 5.92 Å². The molecule has 1 atom stereocenters. The van der Waals surface area contributed by atoms with Crippen molar-refractivity contribution in [2.45, 2.75) is 219 Å². The summed E-state index contributed by atoms with van der Waals surface area (Å²) in [6, 6.07) is 0. The van der Waals surface area contributed by atoms with Crippen molar-refractivity contribution in [2.75, 3.05) is 0 Å². The Morgan fingerprint density at radius 3 is 0.950 bits per heavy atom. The molecule has 0 fully saturated rings. The fourth-order valence-corrected chi connectivity index (χ4v) is 5.97. The lowest BCUT2D eigenvalue weighted by Gasteiger charge is -2.12. The molecule has 0 bridgehead atoms. The van der Waals surface area contributed by atoms with Gasteiger partial charge in [-0.1, -0.05) is 193 Å². The van der Waals surface area contributed by atoms with Gasteiger partial charge in [-0.3, -0.25) is 4.79 Å². The van der Waals surface area contributed by atoms with Gasteiger partial charge in [0.1, 0.15) is 0 Å². The van der Waals surface area contributed by atoms with E-state index >= 15 is 0 Å². The maximum absolute atomic E-state index is 11.7. The van der Waals surface area contributed by atoms with Crippen LogP contribution in [0.25, 0.3) is 0 Å². The minimum atomic E-state index is -0.559. The normalized spacial score (nSPS) is 12.4. The molecule has 238 valence electrons. The van der Waals surface area contributed by atoms with Crippen molar-refractivity contribution in [1.82, 2.24) is 0 Å². The predicted octanol–water partition coefficient (Wildman–Crippen LogP) is 13.8. The van der Waals surface area contributed by atoms with E-state index in [-0.39, 0.29) is 5.92 Å². The lowest BCUT2D eigenvalue weighted by molar-refractivity contribution is -0.142. The van der Waals surface area contributed by atoms with Gasteiger partial charge in [0, 0.05) is 0 Å². The molecular weight excluding hydrogens is 488 g/mol. The lowest BCUT2D eigenvalue weighted by atomic mass is 9.94.